The van der Waals surface area contributed by atoms with Crippen LogP contribution in [-0.4, -0.2) is 18.6 Å². The minimum Gasteiger partial charge on any atom is -0.377 e. The summed E-state index contributed by atoms with van der Waals surface area (Å²) in [5.41, 5.74) is 4.90. The van der Waals surface area contributed by atoms with Gasteiger partial charge >= 0.3 is 0 Å². The quantitative estimate of drug-likeness (QED) is 0.562. The topological polar surface area (TPSA) is 52.3 Å². The van der Waals surface area contributed by atoms with Gasteiger partial charge in [-0.2, -0.15) is 0 Å². The molecule has 1 saturated heterocycles. The number of ether oxygens (including phenoxy) is 1. The zero-order valence-corrected chi connectivity index (χ0v) is 5.17. The highest BCUT2D eigenvalue weighted by Crippen LogP contribution is 2.13. The lowest BCUT2D eigenvalue weighted by Gasteiger charge is -2.02. The lowest BCUT2D eigenvalue weighted by molar-refractivity contribution is -0.116. The molecule has 0 aromatic rings. The molecule has 1 unspecified atom stereocenters. The molecule has 2 N–H and O–H groups in total. The summed E-state index contributed by atoms with van der Waals surface area (Å²) < 4.78 is 5.11. The Kier molecular flexibility index (Phi) is 2.05. The van der Waals surface area contributed by atoms with Crippen molar-refractivity contribution in [3.8, 4) is 0 Å². The Labute approximate surface area is 54.2 Å². The summed E-state index contributed by atoms with van der Waals surface area (Å²) in [7, 11) is 0. The van der Waals surface area contributed by atoms with Crippen molar-refractivity contribution in [1.82, 2.24) is 0 Å². The molecule has 3 nitrogen and oxygen atoms in total. The van der Waals surface area contributed by atoms with Crippen LogP contribution in [0, 0.1) is 6.42 Å². The molecule has 1 aliphatic heterocycles. The molecule has 0 aromatic heterocycles. The monoisotopic (exact) mass is 128 g/mol. The minimum absolute atomic E-state index is 0.0116. The first-order chi connectivity index (χ1) is 4.29. The Balaban J connectivity index is 2.19. The number of nitrogens with two attached hydrogens (primary N) is 1. The summed E-state index contributed by atoms with van der Waals surface area (Å²) >= 11 is 0. The van der Waals surface area contributed by atoms with Gasteiger partial charge in [-0.3, -0.25) is 4.79 Å². The molecule has 0 saturated carbocycles. The maximum Gasteiger partial charge on any atom is 0.224 e. The SMILES string of the molecule is NC(=O)[CH]C1CCCO1. The first-order valence-electron chi connectivity index (χ1n) is 3.05. The zero-order chi connectivity index (χ0) is 6.69. The molecule has 1 aliphatic rings. The molecule has 0 spiro atoms. The van der Waals surface area contributed by atoms with Crippen LogP contribution in [0.4, 0.5) is 0 Å². The van der Waals surface area contributed by atoms with E-state index in [9.17, 15) is 4.79 Å². The van der Waals surface area contributed by atoms with Gasteiger partial charge in [0.15, 0.2) is 0 Å². The smallest absolute Gasteiger partial charge is 0.224 e. The van der Waals surface area contributed by atoms with Gasteiger partial charge in [0.25, 0.3) is 0 Å². The molecule has 0 aromatic carbocycles. The number of carbonyl (C=O) groups is 1. The second-order valence-electron chi connectivity index (χ2n) is 2.12. The van der Waals surface area contributed by atoms with Gasteiger partial charge in [-0.1, -0.05) is 0 Å². The maximum absolute atomic E-state index is 10.2. The average Bonchev–Trinajstić information content (AvgIpc) is 2.15. The van der Waals surface area contributed by atoms with E-state index < -0.39 is 0 Å². The first kappa shape index (κ1) is 6.55. The Hall–Kier alpha value is -0.570. The van der Waals surface area contributed by atoms with Gasteiger partial charge in [0.2, 0.25) is 5.91 Å². The highest BCUT2D eigenvalue weighted by Gasteiger charge is 2.17. The van der Waals surface area contributed by atoms with E-state index in [0.717, 1.165) is 19.4 Å². The molecule has 1 rings (SSSR count). The van der Waals surface area contributed by atoms with E-state index >= 15 is 0 Å². The Bertz CT molecular complexity index is 108. The predicted octanol–water partition coefficient (Wildman–Crippen LogP) is -0.145. The molecule has 0 bridgehead atoms. The van der Waals surface area contributed by atoms with Gasteiger partial charge in [0.05, 0.1) is 12.5 Å². The second-order valence-corrected chi connectivity index (χ2v) is 2.12. The van der Waals surface area contributed by atoms with Crippen LogP contribution in [0.5, 0.6) is 0 Å². The van der Waals surface area contributed by atoms with Gasteiger partial charge in [-0.25, -0.2) is 0 Å². The van der Waals surface area contributed by atoms with Gasteiger partial charge in [-0.15, -0.1) is 0 Å². The van der Waals surface area contributed by atoms with E-state index in [1.807, 2.05) is 0 Å². The summed E-state index contributed by atoms with van der Waals surface area (Å²) in [5, 5.41) is 0. The Morgan fingerprint density at radius 2 is 2.56 bits per heavy atom. The van der Waals surface area contributed by atoms with Gasteiger partial charge in [-0.05, 0) is 12.8 Å². The lowest BCUT2D eigenvalue weighted by Crippen LogP contribution is -2.20. The molecule has 0 aliphatic carbocycles. The normalized spacial score (nSPS) is 26.4. The van der Waals surface area contributed by atoms with Crippen molar-refractivity contribution in [1.29, 1.82) is 0 Å². The van der Waals surface area contributed by atoms with Gasteiger partial charge < -0.3 is 10.5 Å². The molecular weight excluding hydrogens is 118 g/mol. The summed E-state index contributed by atoms with van der Waals surface area (Å²) in [5.74, 6) is -0.387. The van der Waals surface area contributed by atoms with E-state index in [1.54, 1.807) is 0 Å². The lowest BCUT2D eigenvalue weighted by atomic mass is 10.2. The van der Waals surface area contributed by atoms with E-state index in [1.165, 1.54) is 6.42 Å². The van der Waals surface area contributed by atoms with Crippen LogP contribution in [0.3, 0.4) is 0 Å². The maximum atomic E-state index is 10.2. The van der Waals surface area contributed by atoms with Crippen molar-refractivity contribution in [2.75, 3.05) is 6.61 Å². The van der Waals surface area contributed by atoms with Crippen LogP contribution >= 0.6 is 0 Å². The number of amides is 1. The van der Waals surface area contributed by atoms with Crippen LogP contribution in [-0.2, 0) is 9.53 Å². The van der Waals surface area contributed by atoms with Crippen LogP contribution in [0.15, 0.2) is 0 Å². The molecule has 1 amide bonds. The van der Waals surface area contributed by atoms with Crippen molar-refractivity contribution in [2.24, 2.45) is 5.73 Å². The van der Waals surface area contributed by atoms with Gasteiger partial charge in [0, 0.05) is 6.61 Å². The summed E-state index contributed by atoms with van der Waals surface area (Å²) in [6.45, 7) is 0.758. The molecule has 1 radical (unpaired) electrons. The number of rotatable bonds is 2. The highest BCUT2D eigenvalue weighted by molar-refractivity contribution is 5.83. The predicted molar refractivity (Wildman–Crippen MR) is 32.5 cm³/mol. The molecule has 9 heavy (non-hydrogen) atoms. The van der Waals surface area contributed by atoms with Crippen LogP contribution in [0.1, 0.15) is 12.8 Å². The third kappa shape index (κ3) is 2.01. The largest absolute Gasteiger partial charge is 0.377 e. The highest BCUT2D eigenvalue weighted by atomic mass is 16.5. The fourth-order valence-corrected chi connectivity index (χ4v) is 0.917. The fourth-order valence-electron chi connectivity index (χ4n) is 0.917. The fraction of sp³-hybridized carbons (Fsp3) is 0.667. The zero-order valence-electron chi connectivity index (χ0n) is 5.17. The molecule has 1 heterocycles. The van der Waals surface area contributed by atoms with Crippen LogP contribution < -0.4 is 5.73 Å². The number of primary amides is 1. The van der Waals surface area contributed by atoms with Crippen LogP contribution in [0.25, 0.3) is 0 Å². The van der Waals surface area contributed by atoms with Crippen molar-refractivity contribution in [3.63, 3.8) is 0 Å². The minimum atomic E-state index is -0.387. The molecule has 3 heteroatoms. The first-order valence-corrected chi connectivity index (χ1v) is 3.05. The summed E-state index contributed by atoms with van der Waals surface area (Å²) in [6.07, 6.45) is 3.38. The van der Waals surface area contributed by atoms with E-state index in [-0.39, 0.29) is 12.0 Å². The molecule has 1 fully saturated rings. The molecule has 51 valence electrons. The number of hydrogen-bond acceptors (Lipinski definition) is 2. The average molecular weight is 128 g/mol. The van der Waals surface area contributed by atoms with E-state index in [2.05, 4.69) is 0 Å². The van der Waals surface area contributed by atoms with Crippen molar-refractivity contribution < 1.29 is 9.53 Å². The number of carbonyl (C=O) groups excluding carboxylic acids is 1. The third-order valence-corrected chi connectivity index (χ3v) is 1.32. The van der Waals surface area contributed by atoms with Crippen LogP contribution in [0.2, 0.25) is 0 Å². The second kappa shape index (κ2) is 2.82. The standard InChI is InChI=1S/C6H10NO2/c7-6(8)4-5-2-1-3-9-5/h4-5H,1-3H2,(H2,7,8). The Morgan fingerprint density at radius 3 is 3.00 bits per heavy atom. The molecule has 1 atom stereocenters. The third-order valence-electron chi connectivity index (χ3n) is 1.32. The summed E-state index contributed by atoms with van der Waals surface area (Å²) in [6, 6.07) is 0. The van der Waals surface area contributed by atoms with E-state index in [0.29, 0.717) is 0 Å². The van der Waals surface area contributed by atoms with Crippen molar-refractivity contribution in [3.05, 3.63) is 6.42 Å². The summed E-state index contributed by atoms with van der Waals surface area (Å²) in [4.78, 5) is 10.2. The van der Waals surface area contributed by atoms with Crippen molar-refractivity contribution >= 4 is 5.91 Å². The van der Waals surface area contributed by atoms with E-state index in [4.69, 9.17) is 10.5 Å². The van der Waals surface area contributed by atoms with Gasteiger partial charge in [0.1, 0.15) is 0 Å². The Morgan fingerprint density at radius 1 is 1.78 bits per heavy atom. The molecular formula is C6H10NO2. The van der Waals surface area contributed by atoms with Crippen molar-refractivity contribution in [2.45, 2.75) is 18.9 Å². The number of hydrogen-bond donors (Lipinski definition) is 1.